The van der Waals surface area contributed by atoms with Crippen LogP contribution in [-0.4, -0.2) is 95.5 Å². The van der Waals surface area contributed by atoms with E-state index in [-0.39, 0.29) is 12.6 Å². The highest BCUT2D eigenvalue weighted by Crippen LogP contribution is 2.05. The third-order valence-corrected chi connectivity index (χ3v) is 3.05. The van der Waals surface area contributed by atoms with Crippen LogP contribution in [0.2, 0.25) is 0 Å². The number of nitrogens with one attached hydrogen (secondary N) is 1. The van der Waals surface area contributed by atoms with Crippen LogP contribution < -0.4 is 5.32 Å². The highest BCUT2D eigenvalue weighted by atomic mass is 16.6. The van der Waals surface area contributed by atoms with Gasteiger partial charge < -0.3 is 33.9 Å². The molecule has 1 N–H and O–H groups in total. The average Bonchev–Trinajstić information content (AvgIpc) is 2.55. The maximum absolute atomic E-state index is 11.4. The Hall–Kier alpha value is -1.42. The van der Waals surface area contributed by atoms with E-state index in [2.05, 4.69) is 10.2 Å². The van der Waals surface area contributed by atoms with Gasteiger partial charge in [-0.1, -0.05) is 0 Å². The summed E-state index contributed by atoms with van der Waals surface area (Å²) < 4.78 is 25.9. The van der Waals surface area contributed by atoms with Crippen molar-refractivity contribution < 1.29 is 33.3 Å². The Morgan fingerprint density at radius 2 is 1.52 bits per heavy atom. The van der Waals surface area contributed by atoms with E-state index in [0.29, 0.717) is 46.2 Å². The van der Waals surface area contributed by atoms with E-state index in [1.807, 2.05) is 27.8 Å². The molecule has 9 nitrogen and oxygen atoms in total. The van der Waals surface area contributed by atoms with Gasteiger partial charge in [-0.3, -0.25) is 0 Å². The van der Waals surface area contributed by atoms with E-state index >= 15 is 0 Å². The van der Waals surface area contributed by atoms with Crippen LogP contribution in [0.15, 0.2) is 0 Å². The summed E-state index contributed by atoms with van der Waals surface area (Å²) in [5.41, 5.74) is -0.497. The lowest BCUT2D eigenvalue weighted by Gasteiger charge is -2.20. The summed E-state index contributed by atoms with van der Waals surface area (Å²) >= 11 is 0. The fourth-order valence-electron chi connectivity index (χ4n) is 1.77. The molecule has 1 amide bonds. The number of nitrogens with zero attached hydrogens (tertiary/aromatic N) is 1. The van der Waals surface area contributed by atoms with Gasteiger partial charge in [0.15, 0.2) is 0 Å². The van der Waals surface area contributed by atoms with E-state index in [1.54, 1.807) is 6.92 Å². The van der Waals surface area contributed by atoms with Gasteiger partial charge in [-0.05, 0) is 34.7 Å². The van der Waals surface area contributed by atoms with E-state index in [4.69, 9.17) is 23.7 Å². The van der Waals surface area contributed by atoms with Crippen molar-refractivity contribution in [1.29, 1.82) is 0 Å². The van der Waals surface area contributed by atoms with Crippen LogP contribution in [-0.2, 0) is 28.5 Å². The lowest BCUT2D eigenvalue weighted by molar-refractivity contribution is -0.148. The lowest BCUT2D eigenvalue weighted by Crippen LogP contribution is -2.34. The summed E-state index contributed by atoms with van der Waals surface area (Å²) in [5, 5.41) is 2.64. The molecule has 0 aromatic heterocycles. The van der Waals surface area contributed by atoms with Crippen molar-refractivity contribution in [1.82, 2.24) is 10.2 Å². The number of alkyl carbamates (subject to hydrolysis) is 1. The quantitative estimate of drug-likeness (QED) is 0.326. The van der Waals surface area contributed by atoms with Crippen LogP contribution in [0.1, 0.15) is 27.7 Å². The number of esters is 1. The number of hydrogen-bond donors (Lipinski definition) is 1. The Balaban J connectivity index is 3.38. The van der Waals surface area contributed by atoms with Crippen LogP contribution in [0.4, 0.5) is 4.79 Å². The van der Waals surface area contributed by atoms with Crippen molar-refractivity contribution in [2.24, 2.45) is 0 Å². The Morgan fingerprint density at radius 1 is 0.926 bits per heavy atom. The van der Waals surface area contributed by atoms with E-state index in [9.17, 15) is 9.59 Å². The number of carbonyl (C=O) groups excluding carboxylic acids is 2. The predicted octanol–water partition coefficient (Wildman–Crippen LogP) is 1.06. The van der Waals surface area contributed by atoms with Gasteiger partial charge in [0, 0.05) is 19.6 Å². The molecule has 0 rings (SSSR count). The minimum Gasteiger partial charge on any atom is -0.464 e. The first kappa shape index (κ1) is 25.6. The minimum atomic E-state index is -0.497. The highest BCUT2D eigenvalue weighted by Gasteiger charge is 2.15. The summed E-state index contributed by atoms with van der Waals surface area (Å²) in [5.74, 6) is -0.362. The molecular weight excluding hydrogens is 356 g/mol. The van der Waals surface area contributed by atoms with Crippen molar-refractivity contribution in [3.8, 4) is 0 Å². The molecule has 27 heavy (non-hydrogen) atoms. The van der Waals surface area contributed by atoms with E-state index < -0.39 is 11.7 Å². The summed E-state index contributed by atoms with van der Waals surface area (Å²) in [6, 6.07) is 0. The molecule has 0 saturated carbocycles. The predicted molar refractivity (Wildman–Crippen MR) is 101 cm³/mol. The van der Waals surface area contributed by atoms with Crippen molar-refractivity contribution in [3.63, 3.8) is 0 Å². The van der Waals surface area contributed by atoms with Crippen molar-refractivity contribution in [2.45, 2.75) is 33.3 Å². The Kier molecular flexibility index (Phi) is 14.8. The highest BCUT2D eigenvalue weighted by molar-refractivity contribution is 5.70. The SMILES string of the molecule is CCOC(=O)COCCOCCN(C)CCOCCNC(=O)OC(C)(C)C. The zero-order valence-electron chi connectivity index (χ0n) is 17.4. The van der Waals surface area contributed by atoms with Gasteiger partial charge >= 0.3 is 12.1 Å². The van der Waals surface area contributed by atoms with Gasteiger partial charge in [0.1, 0.15) is 12.2 Å². The third kappa shape index (κ3) is 19.2. The summed E-state index contributed by atoms with van der Waals surface area (Å²) in [7, 11) is 1.98. The lowest BCUT2D eigenvalue weighted by atomic mass is 10.2. The Labute approximate surface area is 162 Å². The molecule has 0 aliphatic heterocycles. The van der Waals surface area contributed by atoms with Crippen molar-refractivity contribution >= 4 is 12.1 Å². The van der Waals surface area contributed by atoms with Crippen molar-refractivity contribution in [3.05, 3.63) is 0 Å². The molecule has 0 aliphatic rings. The number of hydrogen-bond acceptors (Lipinski definition) is 8. The number of amides is 1. The van der Waals surface area contributed by atoms with Crippen LogP contribution in [0.25, 0.3) is 0 Å². The summed E-state index contributed by atoms with van der Waals surface area (Å²) in [6.07, 6.45) is -0.438. The monoisotopic (exact) mass is 392 g/mol. The number of carbonyl (C=O) groups is 2. The molecule has 0 saturated heterocycles. The third-order valence-electron chi connectivity index (χ3n) is 3.05. The molecule has 0 bridgehead atoms. The van der Waals surface area contributed by atoms with Gasteiger partial charge in [-0.25, -0.2) is 9.59 Å². The fourth-order valence-corrected chi connectivity index (χ4v) is 1.77. The Bertz CT molecular complexity index is 400. The molecule has 0 aromatic rings. The summed E-state index contributed by atoms with van der Waals surface area (Å²) in [4.78, 5) is 24.6. The molecule has 0 heterocycles. The second kappa shape index (κ2) is 15.6. The number of ether oxygens (including phenoxy) is 5. The maximum atomic E-state index is 11.4. The first-order valence-electron chi connectivity index (χ1n) is 9.29. The molecule has 0 spiro atoms. The van der Waals surface area contributed by atoms with Crippen LogP contribution in [0, 0.1) is 0 Å². The maximum Gasteiger partial charge on any atom is 0.407 e. The normalized spacial score (nSPS) is 11.5. The first-order chi connectivity index (χ1) is 12.7. The minimum absolute atomic E-state index is 0.0444. The van der Waals surface area contributed by atoms with Crippen LogP contribution >= 0.6 is 0 Å². The van der Waals surface area contributed by atoms with Crippen molar-refractivity contribution in [2.75, 3.05) is 72.9 Å². The van der Waals surface area contributed by atoms with E-state index in [0.717, 1.165) is 13.1 Å². The topological polar surface area (TPSA) is 95.6 Å². The van der Waals surface area contributed by atoms with Gasteiger partial charge in [-0.2, -0.15) is 0 Å². The van der Waals surface area contributed by atoms with Crippen LogP contribution in [0.5, 0.6) is 0 Å². The zero-order valence-corrected chi connectivity index (χ0v) is 17.4. The summed E-state index contributed by atoms with van der Waals surface area (Å²) in [6.45, 7) is 11.8. The smallest absolute Gasteiger partial charge is 0.407 e. The molecule has 0 fully saturated rings. The molecule has 9 heteroatoms. The fraction of sp³-hybridized carbons (Fsp3) is 0.889. The number of rotatable bonds is 15. The zero-order chi connectivity index (χ0) is 20.5. The molecule has 0 radical (unpaired) electrons. The first-order valence-corrected chi connectivity index (χ1v) is 9.29. The van der Waals surface area contributed by atoms with Gasteiger partial charge in [0.05, 0.1) is 39.6 Å². The van der Waals surface area contributed by atoms with E-state index in [1.165, 1.54) is 0 Å². The second-order valence-corrected chi connectivity index (χ2v) is 6.81. The molecule has 0 atom stereocenters. The van der Waals surface area contributed by atoms with Gasteiger partial charge in [0.25, 0.3) is 0 Å². The standard InChI is InChI=1S/C18H36N2O7/c1-6-26-16(21)15-25-14-13-24-12-9-20(5)8-11-23-10-7-19-17(22)27-18(2,3)4/h6-15H2,1-5H3,(H,19,22). The largest absolute Gasteiger partial charge is 0.464 e. The molecule has 0 aliphatic carbocycles. The molecule has 0 aromatic carbocycles. The van der Waals surface area contributed by atoms with Gasteiger partial charge in [-0.15, -0.1) is 0 Å². The molecule has 0 unspecified atom stereocenters. The molecule has 160 valence electrons. The number of likely N-dealkylation sites (N-methyl/N-ethyl adjacent to an activating group) is 1. The second-order valence-electron chi connectivity index (χ2n) is 6.81. The van der Waals surface area contributed by atoms with Crippen LogP contribution in [0.3, 0.4) is 0 Å². The average molecular weight is 392 g/mol. The van der Waals surface area contributed by atoms with Gasteiger partial charge in [0.2, 0.25) is 0 Å². The Morgan fingerprint density at radius 3 is 2.11 bits per heavy atom. The molecular formula is C18H36N2O7.